The molecule has 1 saturated carbocycles. The van der Waals surface area contributed by atoms with Crippen molar-refractivity contribution < 1.29 is 9.90 Å². The van der Waals surface area contributed by atoms with Crippen LogP contribution >= 0.6 is 0 Å². The Hall–Kier alpha value is -0.610. The summed E-state index contributed by atoms with van der Waals surface area (Å²) in [6.07, 6.45) is 2.52. The molecule has 1 aliphatic carbocycles. The molecule has 4 nitrogen and oxygen atoms in total. The van der Waals surface area contributed by atoms with Gasteiger partial charge in [0.1, 0.15) is 0 Å². The Morgan fingerprint density at radius 2 is 2.15 bits per heavy atom. The highest BCUT2D eigenvalue weighted by Crippen LogP contribution is 2.29. The number of nitrogens with one attached hydrogen (secondary N) is 1. The van der Waals surface area contributed by atoms with E-state index in [1.807, 2.05) is 0 Å². The third kappa shape index (κ3) is 2.19. The zero-order chi connectivity index (χ0) is 10.1. The van der Waals surface area contributed by atoms with E-state index in [-0.39, 0.29) is 12.5 Å². The minimum atomic E-state index is -0.674. The Morgan fingerprint density at radius 1 is 1.62 bits per heavy atom. The van der Waals surface area contributed by atoms with E-state index in [9.17, 15) is 4.79 Å². The van der Waals surface area contributed by atoms with Crippen molar-refractivity contribution in [2.24, 2.45) is 5.73 Å². The van der Waals surface area contributed by atoms with E-state index in [0.717, 1.165) is 19.3 Å². The summed E-state index contributed by atoms with van der Waals surface area (Å²) in [5, 5.41) is 11.7. The fourth-order valence-electron chi connectivity index (χ4n) is 1.26. The van der Waals surface area contributed by atoms with Crippen LogP contribution in [0.5, 0.6) is 0 Å². The first-order valence-corrected chi connectivity index (χ1v) is 4.62. The van der Waals surface area contributed by atoms with Crippen molar-refractivity contribution in [3.63, 3.8) is 0 Å². The molecule has 0 radical (unpaired) electrons. The van der Waals surface area contributed by atoms with Gasteiger partial charge in [-0.3, -0.25) is 4.79 Å². The standard InChI is InChI=1S/C9H18N2O2/c1-8(2,6-12)11-7(13)9(10)4-3-5-9/h12H,3-6,10H2,1-2H3,(H,11,13). The summed E-state index contributed by atoms with van der Waals surface area (Å²) in [5.74, 6) is -0.141. The average Bonchev–Trinajstić information content (AvgIpc) is 1.99. The quantitative estimate of drug-likeness (QED) is 0.569. The van der Waals surface area contributed by atoms with Gasteiger partial charge in [-0.1, -0.05) is 0 Å². The molecule has 1 rings (SSSR count). The molecule has 0 spiro atoms. The lowest BCUT2D eigenvalue weighted by molar-refractivity contribution is -0.131. The van der Waals surface area contributed by atoms with E-state index in [2.05, 4.69) is 5.32 Å². The molecule has 76 valence electrons. The van der Waals surface area contributed by atoms with Gasteiger partial charge in [-0.2, -0.15) is 0 Å². The largest absolute Gasteiger partial charge is 0.394 e. The number of amides is 1. The average molecular weight is 186 g/mol. The fraction of sp³-hybridized carbons (Fsp3) is 0.889. The van der Waals surface area contributed by atoms with Gasteiger partial charge in [0.2, 0.25) is 5.91 Å². The number of aliphatic hydroxyl groups excluding tert-OH is 1. The molecular weight excluding hydrogens is 168 g/mol. The molecule has 13 heavy (non-hydrogen) atoms. The smallest absolute Gasteiger partial charge is 0.240 e. The number of hydrogen-bond donors (Lipinski definition) is 3. The zero-order valence-electron chi connectivity index (χ0n) is 8.26. The van der Waals surface area contributed by atoms with Crippen LogP contribution in [0, 0.1) is 0 Å². The van der Waals surface area contributed by atoms with Gasteiger partial charge in [0.25, 0.3) is 0 Å². The lowest BCUT2D eigenvalue weighted by Gasteiger charge is -2.39. The van der Waals surface area contributed by atoms with Gasteiger partial charge in [0.05, 0.1) is 17.7 Å². The van der Waals surface area contributed by atoms with Crippen molar-refractivity contribution in [1.29, 1.82) is 0 Å². The van der Waals surface area contributed by atoms with Gasteiger partial charge in [-0.05, 0) is 33.1 Å². The topological polar surface area (TPSA) is 75.3 Å². The molecule has 4 heteroatoms. The van der Waals surface area contributed by atoms with Crippen LogP contribution in [0.4, 0.5) is 0 Å². The van der Waals surface area contributed by atoms with Crippen LogP contribution in [-0.4, -0.2) is 28.7 Å². The molecule has 0 aliphatic heterocycles. The third-order valence-corrected chi connectivity index (χ3v) is 2.55. The second-order valence-electron chi connectivity index (χ2n) is 4.51. The van der Waals surface area contributed by atoms with Crippen LogP contribution in [0.15, 0.2) is 0 Å². The number of nitrogens with two attached hydrogens (primary N) is 1. The number of carbonyl (C=O) groups excluding carboxylic acids is 1. The van der Waals surface area contributed by atoms with Crippen LogP contribution in [0.2, 0.25) is 0 Å². The van der Waals surface area contributed by atoms with Gasteiger partial charge in [0, 0.05) is 0 Å². The minimum absolute atomic E-state index is 0.0746. The molecule has 4 N–H and O–H groups in total. The molecule has 1 fully saturated rings. The molecule has 1 amide bonds. The summed E-state index contributed by atoms with van der Waals surface area (Å²) in [7, 11) is 0. The van der Waals surface area contributed by atoms with Gasteiger partial charge in [-0.25, -0.2) is 0 Å². The van der Waals surface area contributed by atoms with E-state index >= 15 is 0 Å². The van der Waals surface area contributed by atoms with Crippen molar-refractivity contribution >= 4 is 5.91 Å². The highest BCUT2D eigenvalue weighted by molar-refractivity contribution is 5.87. The van der Waals surface area contributed by atoms with Crippen molar-refractivity contribution in [3.05, 3.63) is 0 Å². The molecule has 0 unspecified atom stereocenters. The Balaban J connectivity index is 2.50. The monoisotopic (exact) mass is 186 g/mol. The van der Waals surface area contributed by atoms with Crippen molar-refractivity contribution in [1.82, 2.24) is 5.32 Å². The van der Waals surface area contributed by atoms with Crippen molar-refractivity contribution in [2.75, 3.05) is 6.61 Å². The van der Waals surface area contributed by atoms with Gasteiger partial charge < -0.3 is 16.2 Å². The first kappa shape index (κ1) is 10.5. The Bertz CT molecular complexity index is 210. The zero-order valence-corrected chi connectivity index (χ0v) is 8.26. The molecule has 0 aromatic rings. The predicted molar refractivity (Wildman–Crippen MR) is 50.1 cm³/mol. The maximum atomic E-state index is 11.6. The second-order valence-corrected chi connectivity index (χ2v) is 4.51. The summed E-state index contributed by atoms with van der Waals surface area (Å²) in [4.78, 5) is 11.6. The van der Waals surface area contributed by atoms with Crippen LogP contribution in [-0.2, 0) is 4.79 Å². The minimum Gasteiger partial charge on any atom is -0.394 e. The normalized spacial score (nSPS) is 20.6. The first-order chi connectivity index (χ1) is 5.90. The molecule has 0 heterocycles. The van der Waals surface area contributed by atoms with Crippen LogP contribution in [0.1, 0.15) is 33.1 Å². The molecule has 0 aromatic heterocycles. The number of rotatable bonds is 3. The van der Waals surface area contributed by atoms with Crippen LogP contribution in [0.3, 0.4) is 0 Å². The van der Waals surface area contributed by atoms with Gasteiger partial charge >= 0.3 is 0 Å². The van der Waals surface area contributed by atoms with E-state index in [4.69, 9.17) is 10.8 Å². The Labute approximate surface area is 78.5 Å². The Morgan fingerprint density at radius 3 is 2.46 bits per heavy atom. The van der Waals surface area contributed by atoms with Gasteiger partial charge in [-0.15, -0.1) is 0 Å². The van der Waals surface area contributed by atoms with Crippen LogP contribution < -0.4 is 11.1 Å². The highest BCUT2D eigenvalue weighted by Gasteiger charge is 2.41. The van der Waals surface area contributed by atoms with Gasteiger partial charge in [0.15, 0.2) is 0 Å². The van der Waals surface area contributed by atoms with Crippen LogP contribution in [0.25, 0.3) is 0 Å². The summed E-state index contributed by atoms with van der Waals surface area (Å²) < 4.78 is 0. The molecular formula is C9H18N2O2. The predicted octanol–water partition coefficient (Wildman–Crippen LogP) is -0.245. The lowest BCUT2D eigenvalue weighted by Crippen LogP contribution is -2.62. The van der Waals surface area contributed by atoms with E-state index in [1.54, 1.807) is 13.8 Å². The second kappa shape index (κ2) is 3.27. The summed E-state index contributed by atoms with van der Waals surface area (Å²) in [6, 6.07) is 0. The Kier molecular flexibility index (Phi) is 2.63. The molecule has 0 atom stereocenters. The molecule has 0 bridgehead atoms. The third-order valence-electron chi connectivity index (χ3n) is 2.55. The maximum absolute atomic E-state index is 11.6. The fourth-order valence-corrected chi connectivity index (χ4v) is 1.26. The summed E-state index contributed by atoms with van der Waals surface area (Å²) in [5.41, 5.74) is 4.57. The SMILES string of the molecule is CC(C)(CO)NC(=O)C1(N)CCC1. The van der Waals surface area contributed by atoms with E-state index in [1.165, 1.54) is 0 Å². The van der Waals surface area contributed by atoms with Crippen molar-refractivity contribution in [2.45, 2.75) is 44.2 Å². The number of hydrogen-bond acceptors (Lipinski definition) is 3. The molecule has 0 aromatic carbocycles. The first-order valence-electron chi connectivity index (χ1n) is 4.62. The van der Waals surface area contributed by atoms with E-state index in [0.29, 0.717) is 0 Å². The highest BCUT2D eigenvalue weighted by atomic mass is 16.3. The summed E-state index contributed by atoms with van der Waals surface area (Å²) in [6.45, 7) is 3.47. The number of carbonyl (C=O) groups is 1. The molecule has 0 saturated heterocycles. The number of aliphatic hydroxyl groups is 1. The maximum Gasteiger partial charge on any atom is 0.240 e. The molecule has 1 aliphatic rings. The van der Waals surface area contributed by atoms with E-state index < -0.39 is 11.1 Å². The summed E-state index contributed by atoms with van der Waals surface area (Å²) >= 11 is 0. The lowest BCUT2D eigenvalue weighted by atomic mass is 9.76. The van der Waals surface area contributed by atoms with Crippen molar-refractivity contribution in [3.8, 4) is 0 Å².